The van der Waals surface area contributed by atoms with Crippen LogP contribution in [0.4, 0.5) is 0 Å². The maximum absolute atomic E-state index is 6.26. The quantitative estimate of drug-likeness (QED) is 0.866. The normalized spacial score (nSPS) is 22.9. The van der Waals surface area contributed by atoms with Crippen molar-refractivity contribution >= 4 is 0 Å². The lowest BCUT2D eigenvalue weighted by Gasteiger charge is -2.39. The summed E-state index contributed by atoms with van der Waals surface area (Å²) in [7, 11) is 2.25. The highest BCUT2D eigenvalue weighted by atomic mass is 15.3. The van der Waals surface area contributed by atoms with E-state index in [0.29, 0.717) is 0 Å². The molecule has 112 valence electrons. The van der Waals surface area contributed by atoms with Gasteiger partial charge in [0.2, 0.25) is 0 Å². The molecule has 2 N–H and O–H groups in total. The van der Waals surface area contributed by atoms with E-state index in [1.165, 1.54) is 44.6 Å². The van der Waals surface area contributed by atoms with Crippen LogP contribution in [0, 0.1) is 0 Å². The number of rotatable bonds is 6. The van der Waals surface area contributed by atoms with Gasteiger partial charge in [0.1, 0.15) is 0 Å². The third kappa shape index (κ3) is 4.30. The molecule has 0 spiro atoms. The van der Waals surface area contributed by atoms with E-state index in [1.54, 1.807) is 0 Å². The Balaban J connectivity index is 1.71. The van der Waals surface area contributed by atoms with E-state index < -0.39 is 0 Å². The van der Waals surface area contributed by atoms with Gasteiger partial charge in [-0.3, -0.25) is 0 Å². The first-order valence-electron chi connectivity index (χ1n) is 7.93. The number of piperazine rings is 1. The number of hydrogen-bond donors (Lipinski definition) is 1. The molecule has 3 heteroatoms. The average molecular weight is 275 g/mol. The molecule has 1 fully saturated rings. The van der Waals surface area contributed by atoms with Crippen molar-refractivity contribution in [2.45, 2.75) is 38.3 Å². The predicted octanol–water partition coefficient (Wildman–Crippen LogP) is 2.49. The van der Waals surface area contributed by atoms with Crippen molar-refractivity contribution in [2.75, 3.05) is 33.2 Å². The lowest BCUT2D eigenvalue weighted by atomic mass is 10.0. The van der Waals surface area contributed by atoms with E-state index in [1.807, 2.05) is 6.07 Å². The number of nitrogens with two attached hydrogens (primary N) is 1. The smallest absolute Gasteiger partial charge is 0.0295 e. The minimum atomic E-state index is 0.186. The van der Waals surface area contributed by atoms with Crippen LogP contribution >= 0.6 is 0 Å². The second kappa shape index (κ2) is 7.77. The molecule has 0 saturated carbocycles. The largest absolute Gasteiger partial charge is 0.324 e. The van der Waals surface area contributed by atoms with Gasteiger partial charge in [-0.1, -0.05) is 37.3 Å². The van der Waals surface area contributed by atoms with Crippen molar-refractivity contribution in [3.8, 4) is 0 Å². The van der Waals surface area contributed by atoms with Crippen molar-refractivity contribution in [2.24, 2.45) is 5.73 Å². The molecule has 0 radical (unpaired) electrons. The molecule has 1 aromatic carbocycles. The number of hydrogen-bond acceptors (Lipinski definition) is 3. The number of nitrogens with zero attached hydrogens (tertiary/aromatic N) is 2. The first-order valence-corrected chi connectivity index (χ1v) is 7.93. The SMILES string of the molecule is CCC1CN(CCCC(N)c2ccccc2)CCN1C. The zero-order valence-corrected chi connectivity index (χ0v) is 13.0. The van der Waals surface area contributed by atoms with Gasteiger partial charge in [-0.05, 0) is 38.4 Å². The fourth-order valence-corrected chi connectivity index (χ4v) is 3.06. The summed E-state index contributed by atoms with van der Waals surface area (Å²) in [6, 6.07) is 11.4. The van der Waals surface area contributed by atoms with Gasteiger partial charge in [-0.2, -0.15) is 0 Å². The van der Waals surface area contributed by atoms with Gasteiger partial charge in [0.05, 0.1) is 0 Å². The van der Waals surface area contributed by atoms with E-state index in [0.717, 1.165) is 12.5 Å². The molecule has 0 amide bonds. The molecular weight excluding hydrogens is 246 g/mol. The van der Waals surface area contributed by atoms with Gasteiger partial charge in [-0.15, -0.1) is 0 Å². The van der Waals surface area contributed by atoms with E-state index in [4.69, 9.17) is 5.73 Å². The van der Waals surface area contributed by atoms with Gasteiger partial charge in [0.15, 0.2) is 0 Å². The molecule has 1 heterocycles. The summed E-state index contributed by atoms with van der Waals surface area (Å²) < 4.78 is 0. The molecule has 2 unspecified atom stereocenters. The van der Waals surface area contributed by atoms with E-state index >= 15 is 0 Å². The van der Waals surface area contributed by atoms with Crippen LogP contribution in [0.3, 0.4) is 0 Å². The fourth-order valence-electron chi connectivity index (χ4n) is 3.06. The first-order chi connectivity index (χ1) is 9.70. The number of benzene rings is 1. The molecule has 1 aliphatic heterocycles. The molecule has 1 saturated heterocycles. The summed E-state index contributed by atoms with van der Waals surface area (Å²) in [6.45, 7) is 7.09. The van der Waals surface area contributed by atoms with Crippen molar-refractivity contribution in [1.29, 1.82) is 0 Å². The van der Waals surface area contributed by atoms with Gasteiger partial charge >= 0.3 is 0 Å². The Morgan fingerprint density at radius 2 is 2.00 bits per heavy atom. The Labute approximate surface area is 123 Å². The van der Waals surface area contributed by atoms with E-state index in [2.05, 4.69) is 48.0 Å². The molecule has 0 aromatic heterocycles. The molecule has 2 atom stereocenters. The molecule has 1 aromatic rings. The van der Waals surface area contributed by atoms with E-state index in [-0.39, 0.29) is 6.04 Å². The molecule has 3 nitrogen and oxygen atoms in total. The lowest BCUT2D eigenvalue weighted by molar-refractivity contribution is 0.0917. The summed E-state index contributed by atoms with van der Waals surface area (Å²) in [5.74, 6) is 0. The maximum atomic E-state index is 6.26. The minimum Gasteiger partial charge on any atom is -0.324 e. The van der Waals surface area contributed by atoms with Crippen LogP contribution in [0.5, 0.6) is 0 Å². The number of likely N-dealkylation sites (N-methyl/N-ethyl adjacent to an activating group) is 1. The summed E-state index contributed by atoms with van der Waals surface area (Å²) >= 11 is 0. The monoisotopic (exact) mass is 275 g/mol. The molecule has 2 rings (SSSR count). The maximum Gasteiger partial charge on any atom is 0.0295 e. The van der Waals surface area contributed by atoms with Gasteiger partial charge in [0, 0.05) is 31.7 Å². The summed E-state index contributed by atoms with van der Waals surface area (Å²) in [5.41, 5.74) is 7.52. The van der Waals surface area contributed by atoms with Crippen LogP contribution in [-0.2, 0) is 0 Å². The van der Waals surface area contributed by atoms with Crippen molar-refractivity contribution in [1.82, 2.24) is 9.80 Å². The minimum absolute atomic E-state index is 0.186. The summed E-state index contributed by atoms with van der Waals surface area (Å²) in [4.78, 5) is 5.10. The first kappa shape index (κ1) is 15.5. The zero-order chi connectivity index (χ0) is 14.4. The second-order valence-corrected chi connectivity index (χ2v) is 6.00. The Hall–Kier alpha value is -0.900. The topological polar surface area (TPSA) is 32.5 Å². The molecule has 0 bridgehead atoms. The zero-order valence-electron chi connectivity index (χ0n) is 13.0. The highest BCUT2D eigenvalue weighted by Crippen LogP contribution is 2.17. The van der Waals surface area contributed by atoms with Crippen LogP contribution in [0.2, 0.25) is 0 Å². The van der Waals surface area contributed by atoms with Crippen LogP contribution in [0.25, 0.3) is 0 Å². The van der Waals surface area contributed by atoms with Crippen molar-refractivity contribution in [3.05, 3.63) is 35.9 Å². The van der Waals surface area contributed by atoms with Crippen LogP contribution in [-0.4, -0.2) is 49.1 Å². The van der Waals surface area contributed by atoms with E-state index in [9.17, 15) is 0 Å². The highest BCUT2D eigenvalue weighted by molar-refractivity contribution is 5.18. The Kier molecular flexibility index (Phi) is 6.02. The second-order valence-electron chi connectivity index (χ2n) is 6.00. The van der Waals surface area contributed by atoms with Crippen LogP contribution in [0.15, 0.2) is 30.3 Å². The van der Waals surface area contributed by atoms with Crippen molar-refractivity contribution < 1.29 is 0 Å². The van der Waals surface area contributed by atoms with Gasteiger partial charge < -0.3 is 15.5 Å². The Morgan fingerprint density at radius 1 is 1.25 bits per heavy atom. The third-order valence-electron chi connectivity index (χ3n) is 4.55. The van der Waals surface area contributed by atoms with Crippen LogP contribution < -0.4 is 5.73 Å². The summed E-state index contributed by atoms with van der Waals surface area (Å²) in [5, 5.41) is 0. The highest BCUT2D eigenvalue weighted by Gasteiger charge is 2.22. The van der Waals surface area contributed by atoms with Gasteiger partial charge in [0.25, 0.3) is 0 Å². The van der Waals surface area contributed by atoms with Crippen molar-refractivity contribution in [3.63, 3.8) is 0 Å². The van der Waals surface area contributed by atoms with Gasteiger partial charge in [-0.25, -0.2) is 0 Å². The third-order valence-corrected chi connectivity index (χ3v) is 4.55. The molecular formula is C17H29N3. The molecule has 1 aliphatic rings. The fraction of sp³-hybridized carbons (Fsp3) is 0.647. The average Bonchev–Trinajstić information content (AvgIpc) is 2.49. The van der Waals surface area contributed by atoms with Crippen LogP contribution in [0.1, 0.15) is 37.8 Å². The Bertz CT molecular complexity index is 379. The molecule has 0 aliphatic carbocycles. The Morgan fingerprint density at radius 3 is 2.70 bits per heavy atom. The lowest BCUT2D eigenvalue weighted by Crippen LogP contribution is -2.51. The molecule has 20 heavy (non-hydrogen) atoms. The predicted molar refractivity (Wildman–Crippen MR) is 85.8 cm³/mol. The standard InChI is InChI=1S/C17H29N3/c1-3-16-14-20(13-12-19(16)2)11-7-10-17(18)15-8-5-4-6-9-15/h4-6,8-9,16-17H,3,7,10-14,18H2,1-2H3. The summed E-state index contributed by atoms with van der Waals surface area (Å²) in [6.07, 6.45) is 3.51.